The van der Waals surface area contributed by atoms with Gasteiger partial charge in [0.05, 0.1) is 22.9 Å². The average Bonchev–Trinajstić information content (AvgIpc) is 3.02. The Kier molecular flexibility index (Phi) is 3.33. The molecule has 0 radical (unpaired) electrons. The zero-order valence-electron chi connectivity index (χ0n) is 10.7. The number of hydrogen-bond donors (Lipinski definition) is 1. The lowest BCUT2D eigenvalue weighted by atomic mass is 9.96. The summed E-state index contributed by atoms with van der Waals surface area (Å²) >= 11 is 1.58. The maximum absolute atomic E-state index is 12.1. The van der Waals surface area contributed by atoms with E-state index in [4.69, 9.17) is 4.52 Å². The Bertz CT molecular complexity index is 603. The fourth-order valence-corrected chi connectivity index (χ4v) is 2.92. The summed E-state index contributed by atoms with van der Waals surface area (Å²) in [6, 6.07) is 0. The Hall–Kier alpha value is -1.69. The molecule has 2 aromatic rings. The van der Waals surface area contributed by atoms with Crippen LogP contribution in [-0.2, 0) is 19.4 Å². The number of nitrogens with one attached hydrogen (secondary N) is 1. The number of carbonyl (C=O) groups excluding carboxylic acids is 1. The number of amides is 1. The van der Waals surface area contributed by atoms with Crippen LogP contribution in [0.2, 0.25) is 0 Å². The van der Waals surface area contributed by atoms with Gasteiger partial charge in [0.15, 0.2) is 0 Å². The number of fused-ring (bicyclic) bond motifs is 1. The topological polar surface area (TPSA) is 68.0 Å². The number of nitrogens with zero attached hydrogens (tertiary/aromatic N) is 2. The summed E-state index contributed by atoms with van der Waals surface area (Å²) in [4.78, 5) is 16.4. The molecule has 2 aromatic heterocycles. The van der Waals surface area contributed by atoms with Crippen molar-refractivity contribution in [1.29, 1.82) is 0 Å². The molecule has 0 atom stereocenters. The molecule has 5 nitrogen and oxygen atoms in total. The molecule has 0 saturated heterocycles. The minimum absolute atomic E-state index is 0.193. The average molecular weight is 277 g/mol. The second kappa shape index (κ2) is 5.13. The Labute approximate surface area is 115 Å². The monoisotopic (exact) mass is 277 g/mol. The van der Waals surface area contributed by atoms with Crippen molar-refractivity contribution in [1.82, 2.24) is 15.5 Å². The third kappa shape index (κ3) is 2.53. The Balaban J connectivity index is 1.69. The van der Waals surface area contributed by atoms with E-state index < -0.39 is 0 Å². The number of aromatic nitrogens is 2. The second-order valence-electron chi connectivity index (χ2n) is 4.68. The third-order valence-electron chi connectivity index (χ3n) is 3.26. The van der Waals surface area contributed by atoms with E-state index in [1.165, 1.54) is 0 Å². The molecule has 0 spiro atoms. The third-order valence-corrected chi connectivity index (χ3v) is 4.09. The van der Waals surface area contributed by atoms with E-state index in [1.54, 1.807) is 11.3 Å². The SMILES string of the molecule is Cc1nc(CNC(=O)c2onc3c2CCCC3)cs1. The fraction of sp³-hybridized carbons (Fsp3) is 0.462. The van der Waals surface area contributed by atoms with Gasteiger partial charge in [0.2, 0.25) is 5.76 Å². The summed E-state index contributed by atoms with van der Waals surface area (Å²) in [6.45, 7) is 2.38. The molecule has 0 saturated carbocycles. The molecule has 0 unspecified atom stereocenters. The van der Waals surface area contributed by atoms with E-state index in [1.807, 2.05) is 12.3 Å². The predicted molar refractivity (Wildman–Crippen MR) is 71.2 cm³/mol. The zero-order chi connectivity index (χ0) is 13.2. The van der Waals surface area contributed by atoms with Gasteiger partial charge >= 0.3 is 0 Å². The lowest BCUT2D eigenvalue weighted by Gasteiger charge is -2.08. The first kappa shape index (κ1) is 12.3. The lowest BCUT2D eigenvalue weighted by Crippen LogP contribution is -2.24. The fourth-order valence-electron chi connectivity index (χ4n) is 2.31. The molecule has 0 bridgehead atoms. The minimum atomic E-state index is -0.193. The quantitative estimate of drug-likeness (QED) is 0.934. The number of hydrogen-bond acceptors (Lipinski definition) is 5. The Morgan fingerprint density at radius 3 is 3.11 bits per heavy atom. The van der Waals surface area contributed by atoms with E-state index in [0.717, 1.165) is 47.6 Å². The molecule has 19 heavy (non-hydrogen) atoms. The maximum Gasteiger partial charge on any atom is 0.290 e. The zero-order valence-corrected chi connectivity index (χ0v) is 11.5. The van der Waals surface area contributed by atoms with Gasteiger partial charge in [-0.25, -0.2) is 4.98 Å². The van der Waals surface area contributed by atoms with Crippen LogP contribution < -0.4 is 5.32 Å². The molecule has 0 aliphatic heterocycles. The molecule has 2 heterocycles. The maximum atomic E-state index is 12.1. The van der Waals surface area contributed by atoms with Gasteiger partial charge in [0.25, 0.3) is 5.91 Å². The second-order valence-corrected chi connectivity index (χ2v) is 5.75. The minimum Gasteiger partial charge on any atom is -0.350 e. The molecule has 1 aliphatic carbocycles. The van der Waals surface area contributed by atoms with Crippen molar-refractivity contribution in [3.05, 3.63) is 33.1 Å². The van der Waals surface area contributed by atoms with Gasteiger partial charge in [0, 0.05) is 10.9 Å². The van der Waals surface area contributed by atoms with E-state index in [2.05, 4.69) is 15.5 Å². The summed E-state index contributed by atoms with van der Waals surface area (Å²) in [5.74, 6) is 0.183. The van der Waals surface area contributed by atoms with Crippen molar-refractivity contribution >= 4 is 17.2 Å². The first-order valence-corrected chi connectivity index (χ1v) is 7.28. The summed E-state index contributed by atoms with van der Waals surface area (Å²) in [6.07, 6.45) is 4.02. The molecule has 100 valence electrons. The van der Waals surface area contributed by atoms with E-state index in [-0.39, 0.29) is 5.91 Å². The molecular formula is C13H15N3O2S. The van der Waals surface area contributed by atoms with Crippen molar-refractivity contribution in [3.8, 4) is 0 Å². The van der Waals surface area contributed by atoms with Gasteiger partial charge in [-0.2, -0.15) is 0 Å². The van der Waals surface area contributed by atoms with Crippen LogP contribution in [0.3, 0.4) is 0 Å². The highest BCUT2D eigenvalue weighted by Crippen LogP contribution is 2.23. The van der Waals surface area contributed by atoms with Crippen LogP contribution in [-0.4, -0.2) is 16.0 Å². The van der Waals surface area contributed by atoms with Crippen molar-refractivity contribution < 1.29 is 9.32 Å². The van der Waals surface area contributed by atoms with Crippen molar-refractivity contribution in [3.63, 3.8) is 0 Å². The van der Waals surface area contributed by atoms with Gasteiger partial charge in [-0.05, 0) is 32.6 Å². The molecule has 0 fully saturated rings. The lowest BCUT2D eigenvalue weighted by molar-refractivity contribution is 0.0912. The first-order valence-electron chi connectivity index (χ1n) is 6.40. The van der Waals surface area contributed by atoms with Crippen LogP contribution >= 0.6 is 11.3 Å². The molecule has 0 aromatic carbocycles. The van der Waals surface area contributed by atoms with E-state index in [0.29, 0.717) is 12.3 Å². The van der Waals surface area contributed by atoms with Gasteiger partial charge in [-0.15, -0.1) is 11.3 Å². The largest absolute Gasteiger partial charge is 0.350 e. The van der Waals surface area contributed by atoms with Gasteiger partial charge in [0.1, 0.15) is 0 Å². The van der Waals surface area contributed by atoms with Crippen LogP contribution in [0.1, 0.15) is 45.4 Å². The van der Waals surface area contributed by atoms with Gasteiger partial charge < -0.3 is 9.84 Å². The van der Waals surface area contributed by atoms with Gasteiger partial charge in [-0.1, -0.05) is 5.16 Å². The smallest absolute Gasteiger partial charge is 0.290 e. The highest BCUT2D eigenvalue weighted by molar-refractivity contribution is 7.09. The highest BCUT2D eigenvalue weighted by atomic mass is 32.1. The number of carbonyl (C=O) groups is 1. The Morgan fingerprint density at radius 1 is 1.47 bits per heavy atom. The van der Waals surface area contributed by atoms with Crippen LogP contribution in [0.4, 0.5) is 0 Å². The van der Waals surface area contributed by atoms with Crippen LogP contribution in [0.25, 0.3) is 0 Å². The summed E-state index contributed by atoms with van der Waals surface area (Å²) in [5.41, 5.74) is 2.81. The van der Waals surface area contributed by atoms with Crippen molar-refractivity contribution in [2.45, 2.75) is 39.2 Å². The molecule has 1 aliphatic rings. The molecule has 1 N–H and O–H groups in total. The van der Waals surface area contributed by atoms with E-state index >= 15 is 0 Å². The molecule has 3 rings (SSSR count). The standard InChI is InChI=1S/C13H15N3O2S/c1-8-15-9(7-19-8)6-14-13(17)12-10-4-2-3-5-11(10)16-18-12/h7H,2-6H2,1H3,(H,14,17). The molecule has 1 amide bonds. The van der Waals surface area contributed by atoms with Crippen molar-refractivity contribution in [2.75, 3.05) is 0 Å². The normalized spacial score (nSPS) is 14.2. The summed E-state index contributed by atoms with van der Waals surface area (Å²) in [5, 5.41) is 9.77. The van der Waals surface area contributed by atoms with Crippen LogP contribution in [0, 0.1) is 6.92 Å². The highest BCUT2D eigenvalue weighted by Gasteiger charge is 2.23. The molecular weight excluding hydrogens is 262 g/mol. The first-order chi connectivity index (χ1) is 9.24. The van der Waals surface area contributed by atoms with E-state index in [9.17, 15) is 4.79 Å². The van der Waals surface area contributed by atoms with Crippen LogP contribution in [0.15, 0.2) is 9.90 Å². The van der Waals surface area contributed by atoms with Gasteiger partial charge in [-0.3, -0.25) is 4.79 Å². The number of aryl methyl sites for hydroxylation is 2. The number of rotatable bonds is 3. The summed E-state index contributed by atoms with van der Waals surface area (Å²) < 4.78 is 5.19. The van der Waals surface area contributed by atoms with Crippen molar-refractivity contribution in [2.24, 2.45) is 0 Å². The summed E-state index contributed by atoms with van der Waals surface area (Å²) in [7, 11) is 0. The number of thiazole rings is 1. The predicted octanol–water partition coefficient (Wildman–Crippen LogP) is 2.25. The Morgan fingerprint density at radius 2 is 2.32 bits per heavy atom. The molecule has 6 heteroatoms. The van der Waals surface area contributed by atoms with Crippen LogP contribution in [0.5, 0.6) is 0 Å².